The number of pyridine rings is 1. The Hall–Kier alpha value is -5.43. The summed E-state index contributed by atoms with van der Waals surface area (Å²) in [6, 6.07) is 26.3. The molecule has 0 aliphatic carbocycles. The Labute approximate surface area is 394 Å². The first kappa shape index (κ1) is 48.5. The predicted octanol–water partition coefficient (Wildman–Crippen LogP) is 9.53. The van der Waals surface area contributed by atoms with Crippen molar-refractivity contribution in [3.8, 4) is 23.1 Å². The van der Waals surface area contributed by atoms with E-state index in [1.807, 2.05) is 36.4 Å². The van der Waals surface area contributed by atoms with Gasteiger partial charge in [0.15, 0.2) is 0 Å². The van der Waals surface area contributed by atoms with Gasteiger partial charge in [0.2, 0.25) is 5.88 Å². The highest BCUT2D eigenvalue weighted by Crippen LogP contribution is 2.31. The number of piperazine rings is 2. The van der Waals surface area contributed by atoms with Crippen molar-refractivity contribution in [1.29, 1.82) is 0 Å². The maximum Gasteiger partial charge on any atom is 0.417 e. The van der Waals surface area contributed by atoms with Crippen molar-refractivity contribution in [2.45, 2.75) is 38.1 Å². The summed E-state index contributed by atoms with van der Waals surface area (Å²) >= 11 is 13.4. The second kappa shape index (κ2) is 23.3. The Morgan fingerprint density at radius 2 is 1.35 bits per heavy atom. The number of thiophene rings is 1. The van der Waals surface area contributed by atoms with Gasteiger partial charge in [0, 0.05) is 106 Å². The lowest BCUT2D eigenvalue weighted by atomic mass is 10.1. The van der Waals surface area contributed by atoms with Crippen molar-refractivity contribution >= 4 is 52.6 Å². The van der Waals surface area contributed by atoms with Gasteiger partial charge in [0.1, 0.15) is 17.2 Å². The number of ether oxygens (including phenoxy) is 4. The van der Waals surface area contributed by atoms with E-state index in [2.05, 4.69) is 20.1 Å². The lowest BCUT2D eigenvalue weighted by molar-refractivity contribution is -0.137. The van der Waals surface area contributed by atoms with Crippen LogP contribution in [-0.2, 0) is 23.9 Å². The summed E-state index contributed by atoms with van der Waals surface area (Å²) in [6.45, 7) is 8.62. The molecule has 2 aromatic heterocycles. The monoisotopic (exact) mass is 968 g/mol. The molecule has 8 rings (SSSR count). The molecule has 13 nitrogen and oxygen atoms in total. The molecule has 3 aliphatic heterocycles. The largest absolute Gasteiger partial charge is 0.439 e. The molecule has 3 aliphatic rings. The van der Waals surface area contributed by atoms with E-state index in [0.717, 1.165) is 87.2 Å². The molecule has 5 aromatic rings. The minimum atomic E-state index is -4.46. The molecular formula is C47H49Cl2F3N6O7S. The third-order valence-electron chi connectivity index (χ3n) is 11.0. The second-order valence-corrected chi connectivity index (χ2v) is 18.0. The number of carbonyl (C=O) groups excluding carboxylic acids is 3. The zero-order valence-corrected chi connectivity index (χ0v) is 38.2. The summed E-state index contributed by atoms with van der Waals surface area (Å²) in [5.74, 6) is 0.979. The molecule has 3 amide bonds. The quantitative estimate of drug-likeness (QED) is 0.129. The average molecular weight is 970 g/mol. The Balaban J connectivity index is 0.000000196. The number of alkyl halides is 3. The minimum Gasteiger partial charge on any atom is -0.439 e. The number of aromatic nitrogens is 1. The summed E-state index contributed by atoms with van der Waals surface area (Å²) < 4.78 is 60.7. The Morgan fingerprint density at radius 1 is 0.742 bits per heavy atom. The van der Waals surface area contributed by atoms with Crippen molar-refractivity contribution in [3.63, 3.8) is 0 Å². The van der Waals surface area contributed by atoms with Crippen molar-refractivity contribution in [1.82, 2.24) is 29.9 Å². The lowest BCUT2D eigenvalue weighted by Crippen LogP contribution is -2.51. The molecule has 1 unspecified atom stereocenters. The van der Waals surface area contributed by atoms with E-state index < -0.39 is 17.8 Å². The number of nitrogens with one attached hydrogen (secondary N) is 1. The first-order valence-corrected chi connectivity index (χ1v) is 23.1. The summed E-state index contributed by atoms with van der Waals surface area (Å²) in [5.41, 5.74) is 0.775. The van der Waals surface area contributed by atoms with E-state index in [-0.39, 0.29) is 17.9 Å². The van der Waals surface area contributed by atoms with E-state index in [9.17, 15) is 27.6 Å². The molecule has 5 heterocycles. The standard InChI is InChI=1S/C25H30ClN3O4.C22H19ClF3N3O3S/c26-21-7-3-19(4-8-21)11-12-27-24(30)20-5-9-22(10-6-20)33-25(31)29-15-13-28(14-16-29)18-23-2-1-17-32-23;23-19-7-6-18(33-19)14-28-9-11-29(12-10-28)21(30)32-17-4-2-16(3-5-17)31-20-8-1-15(13-27-20)22(24,25)26/h3-10,23H,1-2,11-18H2,(H,27,30);1-8,13H,9-12,14H2. The zero-order valence-electron chi connectivity index (χ0n) is 35.9. The third-order valence-corrected chi connectivity index (χ3v) is 12.5. The molecule has 0 spiro atoms. The topological polar surface area (TPSA) is 126 Å². The molecule has 19 heteroatoms. The van der Waals surface area contributed by atoms with Crippen LogP contribution in [0.25, 0.3) is 0 Å². The lowest BCUT2D eigenvalue weighted by Gasteiger charge is -2.35. The summed E-state index contributed by atoms with van der Waals surface area (Å²) in [6.07, 6.45) is -1.22. The molecule has 3 saturated heterocycles. The van der Waals surface area contributed by atoms with Gasteiger partial charge >= 0.3 is 18.4 Å². The highest BCUT2D eigenvalue weighted by Gasteiger charge is 2.31. The fourth-order valence-corrected chi connectivity index (χ4v) is 8.57. The molecule has 350 valence electrons. The van der Waals surface area contributed by atoms with Crippen LogP contribution in [0.1, 0.15) is 39.2 Å². The molecule has 0 saturated carbocycles. The van der Waals surface area contributed by atoms with Crippen LogP contribution in [0.3, 0.4) is 0 Å². The number of amides is 3. The molecule has 66 heavy (non-hydrogen) atoms. The number of rotatable bonds is 12. The van der Waals surface area contributed by atoms with E-state index >= 15 is 0 Å². The van der Waals surface area contributed by atoms with Crippen LogP contribution in [0, 0.1) is 0 Å². The number of nitrogens with zero attached hydrogens (tertiary/aromatic N) is 5. The van der Waals surface area contributed by atoms with Gasteiger partial charge in [-0.1, -0.05) is 35.3 Å². The molecule has 0 radical (unpaired) electrons. The van der Waals surface area contributed by atoms with Crippen LogP contribution in [-0.4, -0.2) is 121 Å². The smallest absolute Gasteiger partial charge is 0.417 e. The van der Waals surface area contributed by atoms with Gasteiger partial charge in [0.25, 0.3) is 5.91 Å². The molecule has 1 atom stereocenters. The fraction of sp³-hybridized carbons (Fsp3) is 0.362. The average Bonchev–Trinajstić information content (AvgIpc) is 3.99. The van der Waals surface area contributed by atoms with E-state index in [0.29, 0.717) is 72.9 Å². The number of halogens is 5. The third kappa shape index (κ3) is 14.8. The molecule has 1 N–H and O–H groups in total. The van der Waals surface area contributed by atoms with Crippen molar-refractivity contribution in [2.75, 3.05) is 72.1 Å². The first-order valence-electron chi connectivity index (χ1n) is 21.5. The minimum absolute atomic E-state index is 0.0236. The van der Waals surface area contributed by atoms with E-state index in [4.69, 9.17) is 42.1 Å². The van der Waals surface area contributed by atoms with Crippen molar-refractivity contribution in [2.24, 2.45) is 0 Å². The molecule has 0 bridgehead atoms. The van der Waals surface area contributed by atoms with Gasteiger partial charge in [-0.2, -0.15) is 13.2 Å². The second-order valence-electron chi connectivity index (χ2n) is 15.7. The Morgan fingerprint density at radius 3 is 1.89 bits per heavy atom. The van der Waals surface area contributed by atoms with Crippen LogP contribution in [0.2, 0.25) is 9.36 Å². The summed E-state index contributed by atoms with van der Waals surface area (Å²) in [7, 11) is 0. The van der Waals surface area contributed by atoms with Crippen LogP contribution in [0.5, 0.6) is 23.1 Å². The van der Waals surface area contributed by atoms with Gasteiger partial charge in [0.05, 0.1) is 16.0 Å². The van der Waals surface area contributed by atoms with Crippen molar-refractivity contribution in [3.05, 3.63) is 134 Å². The zero-order chi connectivity index (χ0) is 46.5. The van der Waals surface area contributed by atoms with Gasteiger partial charge in [-0.15, -0.1) is 11.3 Å². The van der Waals surface area contributed by atoms with Crippen LogP contribution >= 0.6 is 34.5 Å². The van der Waals surface area contributed by atoms with E-state index in [1.165, 1.54) is 4.88 Å². The highest BCUT2D eigenvalue weighted by molar-refractivity contribution is 7.16. The van der Waals surface area contributed by atoms with Crippen molar-refractivity contribution < 1.29 is 46.5 Å². The number of hydrogen-bond acceptors (Lipinski definition) is 11. The maximum atomic E-state index is 12.6. The van der Waals surface area contributed by atoms with Gasteiger partial charge in [-0.05, 0) is 104 Å². The number of carbonyl (C=O) groups is 3. The van der Waals surface area contributed by atoms with Crippen LogP contribution in [0.4, 0.5) is 22.8 Å². The Kier molecular flexibility index (Phi) is 17.2. The normalized spacial score (nSPS) is 16.8. The molecule has 3 aromatic carbocycles. The van der Waals surface area contributed by atoms with Gasteiger partial charge in [-0.3, -0.25) is 14.6 Å². The summed E-state index contributed by atoms with van der Waals surface area (Å²) in [4.78, 5) is 50.2. The van der Waals surface area contributed by atoms with Gasteiger partial charge in [-0.25, -0.2) is 14.6 Å². The highest BCUT2D eigenvalue weighted by atomic mass is 35.5. The number of benzene rings is 3. The molecule has 3 fully saturated rings. The molecular weight excluding hydrogens is 921 g/mol. The summed E-state index contributed by atoms with van der Waals surface area (Å²) in [5, 5.41) is 3.60. The van der Waals surface area contributed by atoms with Crippen LogP contribution < -0.4 is 19.5 Å². The van der Waals surface area contributed by atoms with Gasteiger partial charge < -0.3 is 34.1 Å². The fourth-order valence-electron chi connectivity index (χ4n) is 7.32. The SMILES string of the molecule is O=C(NCCc1ccc(Cl)cc1)c1ccc(OC(=O)N2CCN(CC3CCCO3)CC2)cc1.O=C(Oc1ccc(Oc2ccc(C(F)(F)F)cn2)cc1)N1CCN(Cc2ccc(Cl)s2)CC1. The Bertz CT molecular complexity index is 2340. The predicted molar refractivity (Wildman–Crippen MR) is 245 cm³/mol. The van der Waals surface area contributed by atoms with E-state index in [1.54, 1.807) is 69.7 Å². The number of hydrogen-bond donors (Lipinski definition) is 1. The first-order chi connectivity index (χ1) is 31.8. The maximum absolute atomic E-state index is 12.6. The van der Waals surface area contributed by atoms with Crippen LogP contribution in [0.15, 0.2) is 103 Å².